The third kappa shape index (κ3) is 3.27. The van der Waals surface area contributed by atoms with Crippen molar-refractivity contribution in [1.29, 1.82) is 0 Å². The molecular formula is C14H18ClNO5S. The Morgan fingerprint density at radius 1 is 1.36 bits per heavy atom. The van der Waals surface area contributed by atoms with Crippen molar-refractivity contribution in [3.05, 3.63) is 29.3 Å². The number of hydrogen-bond acceptors (Lipinski definition) is 5. The number of benzene rings is 1. The summed E-state index contributed by atoms with van der Waals surface area (Å²) in [5.74, 6) is -0.615. The zero-order chi connectivity index (χ0) is 16.3. The molecule has 2 unspecified atom stereocenters. The van der Waals surface area contributed by atoms with Gasteiger partial charge in [-0.3, -0.25) is 4.79 Å². The van der Waals surface area contributed by atoms with Crippen LogP contribution < -0.4 is 0 Å². The third-order valence-electron chi connectivity index (χ3n) is 3.76. The Morgan fingerprint density at radius 2 is 2.00 bits per heavy atom. The fraction of sp³-hybridized carbons (Fsp3) is 0.500. The maximum Gasteiger partial charge on any atom is 0.324 e. The van der Waals surface area contributed by atoms with E-state index in [1.54, 1.807) is 0 Å². The number of esters is 1. The van der Waals surface area contributed by atoms with Gasteiger partial charge in [-0.1, -0.05) is 11.6 Å². The second-order valence-corrected chi connectivity index (χ2v) is 7.37. The van der Waals surface area contributed by atoms with Crippen LogP contribution in [-0.2, 0) is 19.6 Å². The number of nitrogens with zero attached hydrogens (tertiary/aromatic N) is 1. The quantitative estimate of drug-likeness (QED) is 0.833. The van der Waals surface area contributed by atoms with Crippen molar-refractivity contribution in [3.8, 4) is 0 Å². The number of hydrogen-bond donors (Lipinski definition) is 1. The molecule has 1 aliphatic heterocycles. The first kappa shape index (κ1) is 17.2. The van der Waals surface area contributed by atoms with E-state index in [1.807, 2.05) is 0 Å². The summed E-state index contributed by atoms with van der Waals surface area (Å²) in [4.78, 5) is 12.0. The average molecular weight is 348 g/mol. The molecule has 0 aliphatic carbocycles. The minimum atomic E-state index is -3.93. The number of methoxy groups -OCH3 is 1. The Morgan fingerprint density at radius 3 is 2.55 bits per heavy atom. The van der Waals surface area contributed by atoms with Crippen LogP contribution in [-0.4, -0.2) is 49.6 Å². The van der Waals surface area contributed by atoms with Crippen LogP contribution in [0.1, 0.15) is 19.3 Å². The molecular weight excluding hydrogens is 330 g/mol. The van der Waals surface area contributed by atoms with E-state index < -0.39 is 28.1 Å². The predicted molar refractivity (Wildman–Crippen MR) is 81.0 cm³/mol. The van der Waals surface area contributed by atoms with Crippen molar-refractivity contribution in [3.63, 3.8) is 0 Å². The number of aliphatic hydroxyl groups is 1. The van der Waals surface area contributed by atoms with Gasteiger partial charge in [0.15, 0.2) is 0 Å². The van der Waals surface area contributed by atoms with Crippen LogP contribution in [0, 0.1) is 0 Å². The highest BCUT2D eigenvalue weighted by Gasteiger charge is 2.43. The molecule has 1 heterocycles. The summed E-state index contributed by atoms with van der Waals surface area (Å²) in [5, 5.41) is 9.93. The molecule has 8 heteroatoms. The van der Waals surface area contributed by atoms with Crippen molar-refractivity contribution in [1.82, 2.24) is 4.31 Å². The molecule has 1 saturated heterocycles. The van der Waals surface area contributed by atoms with E-state index >= 15 is 0 Å². The van der Waals surface area contributed by atoms with E-state index in [0.717, 1.165) is 4.31 Å². The Bertz CT molecular complexity index is 631. The molecule has 0 saturated carbocycles. The first-order valence-corrected chi connectivity index (χ1v) is 8.71. The van der Waals surface area contributed by atoms with Gasteiger partial charge in [0.25, 0.3) is 0 Å². The summed E-state index contributed by atoms with van der Waals surface area (Å²) in [6.45, 7) is -0.347. The Balaban J connectivity index is 2.46. The highest BCUT2D eigenvalue weighted by Crippen LogP contribution is 2.30. The van der Waals surface area contributed by atoms with Gasteiger partial charge >= 0.3 is 5.97 Å². The molecule has 0 amide bonds. The monoisotopic (exact) mass is 347 g/mol. The number of carbonyl (C=O) groups excluding carboxylic acids is 1. The minimum Gasteiger partial charge on any atom is -0.468 e. The van der Waals surface area contributed by atoms with Gasteiger partial charge in [-0.2, -0.15) is 4.31 Å². The zero-order valence-corrected chi connectivity index (χ0v) is 13.7. The van der Waals surface area contributed by atoms with Gasteiger partial charge in [0.2, 0.25) is 10.0 Å². The smallest absolute Gasteiger partial charge is 0.324 e. The topological polar surface area (TPSA) is 83.9 Å². The van der Waals surface area contributed by atoms with Gasteiger partial charge in [0.1, 0.15) is 6.04 Å². The summed E-state index contributed by atoms with van der Waals surface area (Å²) < 4.78 is 31.5. The molecule has 1 N–H and O–H groups in total. The summed E-state index contributed by atoms with van der Waals surface area (Å²) in [7, 11) is -2.71. The van der Waals surface area contributed by atoms with E-state index in [-0.39, 0.29) is 11.5 Å². The van der Waals surface area contributed by atoms with Crippen LogP contribution in [0.4, 0.5) is 0 Å². The average Bonchev–Trinajstić information content (AvgIpc) is 2.53. The van der Waals surface area contributed by atoms with Crippen LogP contribution in [0.15, 0.2) is 29.2 Å². The fourth-order valence-corrected chi connectivity index (χ4v) is 4.62. The van der Waals surface area contributed by atoms with Gasteiger partial charge in [-0.05, 0) is 43.5 Å². The number of sulfonamides is 1. The lowest BCUT2D eigenvalue weighted by Crippen LogP contribution is -2.54. The van der Waals surface area contributed by atoms with Gasteiger partial charge in [-0.15, -0.1) is 0 Å². The van der Waals surface area contributed by atoms with Gasteiger partial charge in [0, 0.05) is 11.1 Å². The van der Waals surface area contributed by atoms with E-state index in [2.05, 4.69) is 0 Å². The number of piperidine rings is 1. The molecule has 1 fully saturated rings. The van der Waals surface area contributed by atoms with Crippen molar-refractivity contribution >= 4 is 27.6 Å². The summed E-state index contributed by atoms with van der Waals surface area (Å²) in [6, 6.07) is 4.15. The molecule has 2 atom stereocenters. The maximum atomic E-state index is 12.9. The lowest BCUT2D eigenvalue weighted by atomic mass is 9.99. The highest BCUT2D eigenvalue weighted by atomic mass is 35.5. The van der Waals surface area contributed by atoms with Crippen molar-refractivity contribution in [2.75, 3.05) is 13.7 Å². The van der Waals surface area contributed by atoms with E-state index in [1.165, 1.54) is 31.4 Å². The van der Waals surface area contributed by atoms with Gasteiger partial charge in [0.05, 0.1) is 18.6 Å². The largest absolute Gasteiger partial charge is 0.468 e. The molecule has 1 aliphatic rings. The fourth-order valence-electron chi connectivity index (χ4n) is 2.68. The lowest BCUT2D eigenvalue weighted by molar-refractivity contribution is -0.147. The summed E-state index contributed by atoms with van der Waals surface area (Å²) >= 11 is 5.78. The predicted octanol–water partition coefficient (Wildman–Crippen LogP) is 1.42. The molecule has 1 aromatic rings. The first-order valence-electron chi connectivity index (χ1n) is 6.89. The van der Waals surface area contributed by atoms with Crippen molar-refractivity contribution < 1.29 is 23.1 Å². The van der Waals surface area contributed by atoms with E-state index in [4.69, 9.17) is 16.3 Å². The molecule has 6 nitrogen and oxygen atoms in total. The van der Waals surface area contributed by atoms with Crippen LogP contribution >= 0.6 is 11.6 Å². The summed E-state index contributed by atoms with van der Waals surface area (Å²) in [5.41, 5.74) is 0. The first-order chi connectivity index (χ1) is 10.4. The van der Waals surface area contributed by atoms with Gasteiger partial charge < -0.3 is 9.84 Å². The molecule has 0 spiro atoms. The number of rotatable bonds is 4. The zero-order valence-electron chi connectivity index (χ0n) is 12.1. The van der Waals surface area contributed by atoms with Gasteiger partial charge in [-0.25, -0.2) is 8.42 Å². The molecule has 1 aromatic carbocycles. The summed E-state index contributed by atoms with van der Waals surface area (Å²) in [6.07, 6.45) is 1.52. The third-order valence-corrected chi connectivity index (χ3v) is 5.98. The van der Waals surface area contributed by atoms with E-state index in [0.29, 0.717) is 24.3 Å². The number of halogens is 1. The number of aliphatic hydroxyl groups excluding tert-OH is 1. The Kier molecular flexibility index (Phi) is 5.44. The van der Waals surface area contributed by atoms with Crippen LogP contribution in [0.3, 0.4) is 0 Å². The number of ether oxygens (including phenoxy) is 1. The SMILES string of the molecule is COC(=O)C1CCCC(CO)N1S(=O)(=O)c1ccc(Cl)cc1. The number of carbonyl (C=O) groups is 1. The standard InChI is InChI=1S/C14H18ClNO5S/c1-21-14(18)13-4-2-3-11(9-17)16(13)22(19,20)12-7-5-10(15)6-8-12/h5-8,11,13,17H,2-4,9H2,1H3. The molecule has 22 heavy (non-hydrogen) atoms. The second kappa shape index (κ2) is 6.95. The molecule has 0 aromatic heterocycles. The van der Waals surface area contributed by atoms with Crippen LogP contribution in [0.5, 0.6) is 0 Å². The second-order valence-electron chi connectivity index (χ2n) is 5.10. The molecule has 0 bridgehead atoms. The van der Waals surface area contributed by atoms with Crippen LogP contribution in [0.25, 0.3) is 0 Å². The minimum absolute atomic E-state index is 0.0335. The normalized spacial score (nSPS) is 23.2. The lowest BCUT2D eigenvalue weighted by Gasteiger charge is -2.38. The van der Waals surface area contributed by atoms with Crippen molar-refractivity contribution in [2.24, 2.45) is 0 Å². The Hall–Kier alpha value is -1.15. The molecule has 2 rings (SSSR count). The maximum absolute atomic E-state index is 12.9. The highest BCUT2D eigenvalue weighted by molar-refractivity contribution is 7.89. The molecule has 0 radical (unpaired) electrons. The van der Waals surface area contributed by atoms with E-state index in [9.17, 15) is 18.3 Å². The van der Waals surface area contributed by atoms with Crippen LogP contribution in [0.2, 0.25) is 5.02 Å². The Labute approximate surface area is 134 Å². The van der Waals surface area contributed by atoms with Crippen molar-refractivity contribution in [2.45, 2.75) is 36.2 Å². The molecule has 122 valence electrons.